The van der Waals surface area contributed by atoms with Crippen molar-refractivity contribution in [2.45, 2.75) is 12.3 Å². The molecule has 1 unspecified atom stereocenters. The molecule has 0 saturated carbocycles. The van der Waals surface area contributed by atoms with Crippen LogP contribution in [0.2, 0.25) is 5.02 Å². The number of anilines is 1. The Labute approximate surface area is 108 Å². The van der Waals surface area contributed by atoms with Crippen molar-refractivity contribution in [2.24, 2.45) is 0 Å². The zero-order valence-electron chi connectivity index (χ0n) is 9.38. The van der Waals surface area contributed by atoms with Crippen LogP contribution >= 0.6 is 11.6 Å². The third-order valence-electron chi connectivity index (χ3n) is 3.01. The lowest BCUT2D eigenvalue weighted by Gasteiger charge is -2.16. The van der Waals surface area contributed by atoms with Gasteiger partial charge in [-0.15, -0.1) is 5.10 Å². The minimum atomic E-state index is 0.0168. The second kappa shape index (κ2) is 4.38. The number of nitrogens with one attached hydrogen (secondary N) is 1. The highest BCUT2D eigenvalue weighted by Crippen LogP contribution is 2.30. The summed E-state index contributed by atoms with van der Waals surface area (Å²) in [6.45, 7) is 0.581. The largest absolute Gasteiger partial charge is 0.312 e. The van der Waals surface area contributed by atoms with Crippen LogP contribution in [0.4, 0.5) is 5.69 Å². The normalized spacial score (nSPS) is 19.5. The second-order valence-electron chi connectivity index (χ2n) is 4.17. The van der Waals surface area contributed by atoms with Gasteiger partial charge in [-0.3, -0.25) is 4.79 Å². The number of tetrazole rings is 1. The molecule has 0 bridgehead atoms. The Morgan fingerprint density at radius 3 is 2.78 bits per heavy atom. The summed E-state index contributed by atoms with van der Waals surface area (Å²) in [5.74, 6) is 0.738. The van der Waals surface area contributed by atoms with E-state index in [9.17, 15) is 4.79 Å². The molecule has 2 aromatic rings. The molecule has 0 radical (unpaired) electrons. The molecule has 18 heavy (non-hydrogen) atoms. The molecule has 1 fully saturated rings. The number of aromatic amines is 1. The van der Waals surface area contributed by atoms with E-state index in [0.717, 1.165) is 5.69 Å². The third-order valence-corrected chi connectivity index (χ3v) is 3.26. The number of aromatic nitrogens is 4. The number of hydrogen-bond donors (Lipinski definition) is 1. The number of nitrogens with zero attached hydrogens (tertiary/aromatic N) is 4. The van der Waals surface area contributed by atoms with Crippen molar-refractivity contribution in [3.8, 4) is 0 Å². The van der Waals surface area contributed by atoms with Crippen molar-refractivity contribution >= 4 is 23.2 Å². The topological polar surface area (TPSA) is 74.8 Å². The van der Waals surface area contributed by atoms with Crippen molar-refractivity contribution in [3.63, 3.8) is 0 Å². The highest BCUT2D eigenvalue weighted by Gasteiger charge is 2.33. The average Bonchev–Trinajstić information content (AvgIpc) is 2.99. The number of halogens is 1. The molecular formula is C11H10ClN5O. The van der Waals surface area contributed by atoms with Crippen LogP contribution in [0.1, 0.15) is 18.2 Å². The molecule has 7 heteroatoms. The lowest BCUT2D eigenvalue weighted by atomic mass is 10.1. The molecule has 2 heterocycles. The zero-order valence-corrected chi connectivity index (χ0v) is 10.1. The average molecular weight is 264 g/mol. The van der Waals surface area contributed by atoms with Gasteiger partial charge in [0.2, 0.25) is 5.91 Å². The molecular weight excluding hydrogens is 254 g/mol. The van der Waals surface area contributed by atoms with Gasteiger partial charge in [-0.2, -0.15) is 0 Å². The Morgan fingerprint density at radius 2 is 2.11 bits per heavy atom. The highest BCUT2D eigenvalue weighted by molar-refractivity contribution is 6.30. The molecule has 1 aliphatic heterocycles. The number of amides is 1. The van der Waals surface area contributed by atoms with Gasteiger partial charge in [-0.05, 0) is 34.7 Å². The number of benzene rings is 1. The highest BCUT2D eigenvalue weighted by atomic mass is 35.5. The predicted molar refractivity (Wildman–Crippen MR) is 65.3 cm³/mol. The van der Waals surface area contributed by atoms with Crippen molar-refractivity contribution < 1.29 is 4.79 Å². The van der Waals surface area contributed by atoms with E-state index in [1.54, 1.807) is 17.0 Å². The summed E-state index contributed by atoms with van der Waals surface area (Å²) in [5.41, 5.74) is 0.847. The number of carbonyl (C=O) groups excluding carboxylic acids is 1. The van der Waals surface area contributed by atoms with E-state index < -0.39 is 0 Å². The standard InChI is InChI=1S/C11H10ClN5O/c12-8-1-3-9(4-2-8)17-6-7(5-10(17)18)11-13-15-16-14-11/h1-4,7H,5-6H2,(H,13,14,15,16). The molecule has 1 saturated heterocycles. The van der Waals surface area contributed by atoms with Gasteiger partial charge in [0.1, 0.15) is 0 Å². The third kappa shape index (κ3) is 1.95. The van der Waals surface area contributed by atoms with E-state index in [-0.39, 0.29) is 11.8 Å². The van der Waals surface area contributed by atoms with Crippen LogP contribution in [-0.2, 0) is 4.79 Å². The number of rotatable bonds is 2. The van der Waals surface area contributed by atoms with Crippen LogP contribution in [0, 0.1) is 0 Å². The molecule has 1 amide bonds. The van der Waals surface area contributed by atoms with Gasteiger partial charge in [0.25, 0.3) is 0 Å². The van der Waals surface area contributed by atoms with Gasteiger partial charge in [-0.25, -0.2) is 5.10 Å². The van der Waals surface area contributed by atoms with E-state index in [1.807, 2.05) is 12.1 Å². The molecule has 1 aromatic carbocycles. The molecule has 0 spiro atoms. The summed E-state index contributed by atoms with van der Waals surface area (Å²) < 4.78 is 0. The van der Waals surface area contributed by atoms with E-state index in [2.05, 4.69) is 20.6 Å². The zero-order chi connectivity index (χ0) is 12.5. The lowest BCUT2D eigenvalue weighted by Crippen LogP contribution is -2.24. The first-order chi connectivity index (χ1) is 8.74. The van der Waals surface area contributed by atoms with Crippen molar-refractivity contribution in [1.29, 1.82) is 0 Å². The Kier molecular flexibility index (Phi) is 2.71. The van der Waals surface area contributed by atoms with E-state index >= 15 is 0 Å². The van der Waals surface area contributed by atoms with E-state index in [0.29, 0.717) is 23.8 Å². The first kappa shape index (κ1) is 11.2. The van der Waals surface area contributed by atoms with Crippen LogP contribution in [0.25, 0.3) is 0 Å². The van der Waals surface area contributed by atoms with Gasteiger partial charge in [0.15, 0.2) is 5.82 Å². The van der Waals surface area contributed by atoms with Crippen molar-refractivity contribution in [1.82, 2.24) is 20.6 Å². The summed E-state index contributed by atoms with van der Waals surface area (Å²) in [4.78, 5) is 13.7. The van der Waals surface area contributed by atoms with Gasteiger partial charge >= 0.3 is 0 Å². The van der Waals surface area contributed by atoms with Crippen LogP contribution in [0.5, 0.6) is 0 Å². The summed E-state index contributed by atoms with van der Waals surface area (Å²) in [5, 5.41) is 14.3. The maximum absolute atomic E-state index is 12.0. The van der Waals surface area contributed by atoms with Gasteiger partial charge in [0.05, 0.1) is 0 Å². The van der Waals surface area contributed by atoms with Crippen LogP contribution in [0.3, 0.4) is 0 Å². The SMILES string of the molecule is O=C1CC(c2nnn[nH]2)CN1c1ccc(Cl)cc1. The van der Waals surface area contributed by atoms with Gasteiger partial charge < -0.3 is 4.90 Å². The molecule has 92 valence electrons. The maximum atomic E-state index is 12.0. The minimum absolute atomic E-state index is 0.0168. The Bertz CT molecular complexity index is 553. The first-order valence-corrected chi connectivity index (χ1v) is 5.91. The maximum Gasteiger partial charge on any atom is 0.227 e. The fourth-order valence-electron chi connectivity index (χ4n) is 2.10. The summed E-state index contributed by atoms with van der Waals surface area (Å²) >= 11 is 5.83. The van der Waals surface area contributed by atoms with Crippen molar-refractivity contribution in [3.05, 3.63) is 35.1 Å². The van der Waals surface area contributed by atoms with Crippen LogP contribution in [0.15, 0.2) is 24.3 Å². The Balaban J connectivity index is 1.82. The molecule has 1 aliphatic rings. The molecule has 3 rings (SSSR count). The Morgan fingerprint density at radius 1 is 1.33 bits per heavy atom. The number of hydrogen-bond acceptors (Lipinski definition) is 4. The fraction of sp³-hybridized carbons (Fsp3) is 0.273. The van der Waals surface area contributed by atoms with Crippen molar-refractivity contribution in [2.75, 3.05) is 11.4 Å². The molecule has 1 atom stereocenters. The van der Waals surface area contributed by atoms with Crippen LogP contribution in [-0.4, -0.2) is 33.1 Å². The Hall–Kier alpha value is -1.95. The predicted octanol–water partition coefficient (Wildman–Crippen LogP) is 1.37. The summed E-state index contributed by atoms with van der Waals surface area (Å²) in [7, 11) is 0. The molecule has 1 aromatic heterocycles. The van der Waals surface area contributed by atoms with Crippen LogP contribution < -0.4 is 4.90 Å². The molecule has 0 aliphatic carbocycles. The van der Waals surface area contributed by atoms with Gasteiger partial charge in [-0.1, -0.05) is 11.6 Å². The van der Waals surface area contributed by atoms with E-state index in [1.165, 1.54) is 0 Å². The second-order valence-corrected chi connectivity index (χ2v) is 4.60. The molecule has 6 nitrogen and oxygen atoms in total. The van der Waals surface area contributed by atoms with Gasteiger partial charge in [0, 0.05) is 29.6 Å². The monoisotopic (exact) mass is 263 g/mol. The summed E-state index contributed by atoms with van der Waals surface area (Å²) in [6, 6.07) is 7.21. The summed E-state index contributed by atoms with van der Waals surface area (Å²) in [6.07, 6.45) is 0.416. The lowest BCUT2D eigenvalue weighted by molar-refractivity contribution is -0.117. The smallest absolute Gasteiger partial charge is 0.227 e. The fourth-order valence-corrected chi connectivity index (χ4v) is 2.23. The van der Waals surface area contributed by atoms with E-state index in [4.69, 9.17) is 11.6 Å². The molecule has 1 N–H and O–H groups in total. The first-order valence-electron chi connectivity index (χ1n) is 5.53. The quantitative estimate of drug-likeness (QED) is 0.888. The minimum Gasteiger partial charge on any atom is -0.312 e. The number of carbonyl (C=O) groups is 1. The number of H-pyrrole nitrogens is 1.